The smallest absolute Gasteiger partial charge is 0.274 e. The van der Waals surface area contributed by atoms with E-state index in [2.05, 4.69) is 40.7 Å². The van der Waals surface area contributed by atoms with Crippen molar-refractivity contribution < 1.29 is 28.7 Å². The summed E-state index contributed by atoms with van der Waals surface area (Å²) in [4.78, 5) is 81.0. The average Bonchev–Trinajstić information content (AvgIpc) is 3.50. The van der Waals surface area contributed by atoms with Gasteiger partial charge in [0.25, 0.3) is 23.6 Å². The van der Waals surface area contributed by atoms with Crippen LogP contribution in [-0.2, 0) is 4.79 Å². The second-order valence-corrected chi connectivity index (χ2v) is 19.6. The lowest BCUT2D eigenvalue weighted by Crippen LogP contribution is -2.48. The van der Waals surface area contributed by atoms with E-state index in [0.717, 1.165) is 24.5 Å². The van der Waals surface area contributed by atoms with E-state index in [-0.39, 0.29) is 29.5 Å². The molecule has 0 saturated carbocycles. The van der Waals surface area contributed by atoms with Crippen LogP contribution in [0.15, 0.2) is 182 Å². The Kier molecular flexibility index (Phi) is 20.4. The van der Waals surface area contributed by atoms with Crippen LogP contribution in [0, 0.1) is 0 Å². The minimum atomic E-state index is -0.307. The molecule has 0 unspecified atom stereocenters. The molecule has 2 aliphatic heterocycles. The number of piperazine rings is 2. The first-order valence-corrected chi connectivity index (χ1v) is 26.9. The maximum Gasteiger partial charge on any atom is 0.274 e. The third kappa shape index (κ3) is 16.0. The molecule has 20 heteroatoms. The normalized spacial score (nSPS) is 12.9. The number of rotatable bonds is 12. The molecule has 3 aromatic heterocycles. The van der Waals surface area contributed by atoms with E-state index < -0.39 is 0 Å². The number of carbonyl (C=O) groups excluding carboxylic acids is 5. The Morgan fingerprint density at radius 3 is 1.27 bits per heavy atom. The van der Waals surface area contributed by atoms with Gasteiger partial charge in [-0.3, -0.25) is 38.9 Å². The number of carbonyl (C=O) groups is 5. The number of hydrogen-bond donors (Lipinski definition) is 3. The summed E-state index contributed by atoms with van der Waals surface area (Å²) in [6.45, 7) is 7.39. The number of amides is 5. The Bertz CT molecular complexity index is 3390. The third-order valence-electron chi connectivity index (χ3n) is 12.5. The summed E-state index contributed by atoms with van der Waals surface area (Å²) in [6, 6.07) is 47.7. The van der Waals surface area contributed by atoms with E-state index >= 15 is 0 Å². The van der Waals surface area contributed by atoms with E-state index in [4.69, 9.17) is 51.1 Å². The minimum absolute atomic E-state index is 0.0499. The van der Waals surface area contributed by atoms with Crippen LogP contribution in [0.1, 0.15) is 55.2 Å². The number of hydrogen-bond acceptors (Lipinski definition) is 11. The number of nitrogens with zero attached hydrogens (tertiary/aromatic N) is 7. The number of ether oxygens (including phenoxy) is 1. The highest BCUT2D eigenvalue weighted by atomic mass is 35.5. The quantitative estimate of drug-likeness (QED) is 0.106. The fourth-order valence-corrected chi connectivity index (χ4v) is 9.33. The number of halogens is 4. The number of aromatic nitrogens is 3. The Labute approximate surface area is 483 Å². The maximum atomic E-state index is 12.6. The molecule has 0 radical (unpaired) electrons. The van der Waals surface area contributed by atoms with Crippen LogP contribution in [0.5, 0.6) is 11.5 Å². The molecule has 0 atom stereocenters. The average molecular weight is 1150 g/mol. The second kappa shape index (κ2) is 28.4. The van der Waals surface area contributed by atoms with E-state index in [1.807, 2.05) is 71.3 Å². The SMILES string of the molecule is CCC(=O)N1CCN(c2ccc(NC(=O)c3ccccn3)cc2Cl)CC1.O=C(Nc1ccc(N2CCN(C(=O)c3ccccc3)CC2)c(Cl)c1)c1ccccn1.O=C(Nc1ccc(Oc2ccc(Cl)cc2)c(Cl)c1)c1ccccn1. The Morgan fingerprint density at radius 2 is 0.875 bits per heavy atom. The van der Waals surface area contributed by atoms with Gasteiger partial charge in [0.15, 0.2) is 0 Å². The lowest BCUT2D eigenvalue weighted by molar-refractivity contribution is -0.131. The van der Waals surface area contributed by atoms with Crippen LogP contribution in [0.4, 0.5) is 28.4 Å². The summed E-state index contributed by atoms with van der Waals surface area (Å²) in [5.74, 6) is 0.463. The van der Waals surface area contributed by atoms with E-state index in [1.165, 1.54) is 0 Å². The topological polar surface area (TPSA) is 182 Å². The summed E-state index contributed by atoms with van der Waals surface area (Å²) in [5, 5.41) is 10.5. The highest BCUT2D eigenvalue weighted by Crippen LogP contribution is 2.34. The van der Waals surface area contributed by atoms with Gasteiger partial charge in [0.05, 0.1) is 26.4 Å². The molecule has 10 rings (SSSR count). The van der Waals surface area contributed by atoms with Crippen LogP contribution in [-0.4, -0.2) is 107 Å². The monoisotopic (exact) mass is 1150 g/mol. The molecule has 0 aliphatic carbocycles. The highest BCUT2D eigenvalue weighted by Gasteiger charge is 2.25. The Balaban J connectivity index is 0.000000159. The molecule has 3 N–H and O–H groups in total. The van der Waals surface area contributed by atoms with Gasteiger partial charge in [0.1, 0.15) is 28.6 Å². The molecule has 16 nitrogen and oxygen atoms in total. The van der Waals surface area contributed by atoms with Gasteiger partial charge in [-0.2, -0.15) is 0 Å². The van der Waals surface area contributed by atoms with Crippen molar-refractivity contribution in [3.8, 4) is 11.5 Å². The Morgan fingerprint density at radius 1 is 0.463 bits per heavy atom. The number of benzene rings is 5. The van der Waals surface area contributed by atoms with Crippen molar-refractivity contribution in [1.82, 2.24) is 24.8 Å². The number of nitrogens with one attached hydrogen (secondary N) is 3. The van der Waals surface area contributed by atoms with Crippen LogP contribution in [0.2, 0.25) is 20.1 Å². The fourth-order valence-electron chi connectivity index (χ4n) is 8.38. The van der Waals surface area contributed by atoms with Gasteiger partial charge in [-0.15, -0.1) is 0 Å². The minimum Gasteiger partial charge on any atom is -0.456 e. The number of anilines is 5. The number of pyridine rings is 3. The molecule has 2 fully saturated rings. The van der Waals surface area contributed by atoms with Crippen molar-refractivity contribution >= 4 is 104 Å². The van der Waals surface area contributed by atoms with Gasteiger partial charge in [-0.05, 0) is 127 Å². The van der Waals surface area contributed by atoms with E-state index in [0.29, 0.717) is 117 Å². The zero-order valence-corrected chi connectivity index (χ0v) is 46.3. The first-order chi connectivity index (χ1) is 38.8. The Hall–Kier alpha value is -8.54. The largest absolute Gasteiger partial charge is 0.456 e. The molecule has 5 aromatic carbocycles. The molecule has 80 heavy (non-hydrogen) atoms. The molecular weight excluding hydrogens is 1100 g/mol. The molecule has 5 heterocycles. The molecule has 2 saturated heterocycles. The summed E-state index contributed by atoms with van der Waals surface area (Å²) in [7, 11) is 0. The van der Waals surface area contributed by atoms with Gasteiger partial charge in [0.2, 0.25) is 5.91 Å². The molecule has 5 amide bonds. The first-order valence-electron chi connectivity index (χ1n) is 25.4. The van der Waals surface area contributed by atoms with Crippen molar-refractivity contribution in [3.63, 3.8) is 0 Å². The lowest BCUT2D eigenvalue weighted by atomic mass is 10.1. The lowest BCUT2D eigenvalue weighted by Gasteiger charge is -2.36. The zero-order valence-electron chi connectivity index (χ0n) is 43.3. The zero-order chi connectivity index (χ0) is 56.4. The van der Waals surface area contributed by atoms with Crippen molar-refractivity contribution in [2.45, 2.75) is 13.3 Å². The summed E-state index contributed by atoms with van der Waals surface area (Å²) < 4.78 is 5.69. The molecule has 8 aromatic rings. The van der Waals surface area contributed by atoms with Gasteiger partial charge < -0.3 is 40.3 Å². The van der Waals surface area contributed by atoms with Crippen LogP contribution < -0.4 is 30.5 Å². The van der Waals surface area contributed by atoms with Crippen molar-refractivity contribution in [2.75, 3.05) is 78.1 Å². The van der Waals surface area contributed by atoms with E-state index in [1.54, 1.807) is 128 Å². The third-order valence-corrected chi connectivity index (χ3v) is 13.7. The molecule has 0 bridgehead atoms. The van der Waals surface area contributed by atoms with Crippen LogP contribution >= 0.6 is 46.4 Å². The maximum absolute atomic E-state index is 12.6. The first kappa shape index (κ1) is 57.6. The predicted molar refractivity (Wildman–Crippen MR) is 316 cm³/mol. The van der Waals surface area contributed by atoms with Crippen LogP contribution in [0.3, 0.4) is 0 Å². The van der Waals surface area contributed by atoms with Gasteiger partial charge in [0, 0.05) is 105 Å². The van der Waals surface area contributed by atoms with E-state index in [9.17, 15) is 24.0 Å². The molecular formula is C60H54Cl4N10O6. The van der Waals surface area contributed by atoms with Gasteiger partial charge in [-0.25, -0.2) is 0 Å². The van der Waals surface area contributed by atoms with Gasteiger partial charge >= 0.3 is 0 Å². The molecule has 2 aliphatic rings. The molecule has 0 spiro atoms. The van der Waals surface area contributed by atoms with Crippen molar-refractivity contribution in [1.29, 1.82) is 0 Å². The van der Waals surface area contributed by atoms with Crippen molar-refractivity contribution in [2.24, 2.45) is 0 Å². The van der Waals surface area contributed by atoms with Gasteiger partial charge in [-0.1, -0.05) is 89.7 Å². The van der Waals surface area contributed by atoms with Crippen molar-refractivity contribution in [3.05, 3.63) is 225 Å². The second-order valence-electron chi connectivity index (χ2n) is 17.9. The molecule has 408 valence electrons. The fraction of sp³-hybridized carbons (Fsp3) is 0.167. The summed E-state index contributed by atoms with van der Waals surface area (Å²) in [5.41, 5.74) is 5.31. The summed E-state index contributed by atoms with van der Waals surface area (Å²) in [6.07, 6.45) is 5.25. The summed E-state index contributed by atoms with van der Waals surface area (Å²) >= 11 is 25.0. The standard InChI is InChI=1S/C23H21ClN4O2.C19H21ClN4O2.C18H12Cl2N2O2/c24-19-16-18(26-22(29)20-8-4-5-11-25-20)9-10-21(19)27-12-14-28(15-13-27)23(30)17-6-2-1-3-7-17;1-2-18(25)24-11-9-23(10-12-24)17-7-6-14(13-15(17)20)22-19(26)16-5-3-4-8-21-16;19-12-4-7-14(8-5-12)24-17-9-6-13(11-15(17)20)22-18(23)16-3-1-2-10-21-16/h1-11,16H,12-15H2,(H,26,29);3-8,13H,2,9-12H2,1H3,(H,22,26);1-11H,(H,22,23). The highest BCUT2D eigenvalue weighted by molar-refractivity contribution is 6.34. The van der Waals surface area contributed by atoms with Crippen LogP contribution in [0.25, 0.3) is 0 Å². The predicted octanol–water partition coefficient (Wildman–Crippen LogP) is 12.4.